The van der Waals surface area contributed by atoms with Gasteiger partial charge in [-0.2, -0.15) is 0 Å². The Bertz CT molecular complexity index is 191. The second-order valence-corrected chi connectivity index (χ2v) is 5.89. The zero-order valence-corrected chi connectivity index (χ0v) is 10.4. The van der Waals surface area contributed by atoms with Crippen molar-refractivity contribution in [2.75, 3.05) is 26.2 Å². The monoisotopic (exact) mass is 210 g/mol. The summed E-state index contributed by atoms with van der Waals surface area (Å²) in [5.74, 6) is 1.06. The SMILES string of the molecule is CC(C)(CCC1CCC1)N1CCNCC1. The molecule has 0 bridgehead atoms. The van der Waals surface area contributed by atoms with Crippen LogP contribution in [0, 0.1) is 5.92 Å². The van der Waals surface area contributed by atoms with Crippen LogP contribution < -0.4 is 5.32 Å². The molecule has 0 atom stereocenters. The normalized spacial score (nSPS) is 25.2. The molecule has 1 heterocycles. The highest BCUT2D eigenvalue weighted by Crippen LogP contribution is 2.33. The van der Waals surface area contributed by atoms with Crippen LogP contribution in [0.5, 0.6) is 0 Å². The molecule has 0 aromatic rings. The number of nitrogens with one attached hydrogen (secondary N) is 1. The van der Waals surface area contributed by atoms with Crippen molar-refractivity contribution in [3.05, 3.63) is 0 Å². The van der Waals surface area contributed by atoms with Crippen molar-refractivity contribution in [3.8, 4) is 0 Å². The minimum atomic E-state index is 0.428. The summed E-state index contributed by atoms with van der Waals surface area (Å²) < 4.78 is 0. The molecule has 0 aromatic heterocycles. The molecule has 1 N–H and O–H groups in total. The fourth-order valence-corrected chi connectivity index (χ4v) is 2.77. The molecule has 0 unspecified atom stereocenters. The van der Waals surface area contributed by atoms with Crippen LogP contribution in [0.2, 0.25) is 0 Å². The third-order valence-electron chi connectivity index (χ3n) is 4.36. The standard InChI is InChI=1S/C13H26N2/c1-13(2,7-6-12-4-3-5-12)15-10-8-14-9-11-15/h12,14H,3-11H2,1-2H3. The predicted molar refractivity (Wildman–Crippen MR) is 65.1 cm³/mol. The van der Waals surface area contributed by atoms with Gasteiger partial charge in [0.25, 0.3) is 0 Å². The van der Waals surface area contributed by atoms with Crippen LogP contribution in [0.1, 0.15) is 46.0 Å². The topological polar surface area (TPSA) is 15.3 Å². The van der Waals surface area contributed by atoms with Gasteiger partial charge in [-0.05, 0) is 32.6 Å². The Morgan fingerprint density at radius 1 is 1.20 bits per heavy atom. The molecule has 2 nitrogen and oxygen atoms in total. The molecule has 0 amide bonds. The lowest BCUT2D eigenvalue weighted by Gasteiger charge is -2.42. The van der Waals surface area contributed by atoms with Gasteiger partial charge in [0, 0.05) is 31.7 Å². The highest BCUT2D eigenvalue weighted by Gasteiger charge is 2.29. The van der Waals surface area contributed by atoms with E-state index in [-0.39, 0.29) is 0 Å². The molecule has 15 heavy (non-hydrogen) atoms. The Morgan fingerprint density at radius 2 is 1.87 bits per heavy atom. The van der Waals surface area contributed by atoms with Crippen molar-refractivity contribution in [2.45, 2.75) is 51.5 Å². The van der Waals surface area contributed by atoms with E-state index in [9.17, 15) is 0 Å². The average molecular weight is 210 g/mol. The van der Waals surface area contributed by atoms with E-state index in [2.05, 4.69) is 24.1 Å². The van der Waals surface area contributed by atoms with E-state index >= 15 is 0 Å². The molecule has 2 fully saturated rings. The van der Waals surface area contributed by atoms with E-state index in [0.717, 1.165) is 5.92 Å². The number of hydrogen-bond acceptors (Lipinski definition) is 2. The number of piperazine rings is 1. The van der Waals surface area contributed by atoms with Gasteiger partial charge in [0.2, 0.25) is 0 Å². The maximum absolute atomic E-state index is 3.43. The van der Waals surface area contributed by atoms with Gasteiger partial charge in [0.1, 0.15) is 0 Å². The van der Waals surface area contributed by atoms with E-state index in [0.29, 0.717) is 5.54 Å². The third kappa shape index (κ3) is 2.94. The first-order valence-corrected chi connectivity index (χ1v) is 6.64. The Morgan fingerprint density at radius 3 is 2.40 bits per heavy atom. The van der Waals surface area contributed by atoms with Crippen molar-refractivity contribution in [1.29, 1.82) is 0 Å². The van der Waals surface area contributed by atoms with Gasteiger partial charge >= 0.3 is 0 Å². The molecule has 1 aliphatic carbocycles. The summed E-state index contributed by atoms with van der Waals surface area (Å²) in [5.41, 5.74) is 0.428. The van der Waals surface area contributed by atoms with Crippen molar-refractivity contribution in [2.24, 2.45) is 5.92 Å². The summed E-state index contributed by atoms with van der Waals surface area (Å²) >= 11 is 0. The highest BCUT2D eigenvalue weighted by molar-refractivity contribution is 4.86. The Kier molecular flexibility index (Phi) is 3.68. The first-order valence-electron chi connectivity index (χ1n) is 6.64. The number of nitrogens with zero attached hydrogens (tertiary/aromatic N) is 1. The van der Waals surface area contributed by atoms with Crippen LogP contribution >= 0.6 is 0 Å². The average Bonchev–Trinajstić information content (AvgIpc) is 2.16. The predicted octanol–water partition coefficient (Wildman–Crippen LogP) is 2.25. The molecular formula is C13H26N2. The number of hydrogen-bond donors (Lipinski definition) is 1. The third-order valence-corrected chi connectivity index (χ3v) is 4.36. The smallest absolute Gasteiger partial charge is 0.0154 e. The van der Waals surface area contributed by atoms with E-state index in [1.54, 1.807) is 0 Å². The quantitative estimate of drug-likeness (QED) is 0.765. The van der Waals surface area contributed by atoms with Crippen LogP contribution in [0.25, 0.3) is 0 Å². The Labute approximate surface area is 94.4 Å². The lowest BCUT2D eigenvalue weighted by Crippen LogP contribution is -2.53. The zero-order valence-electron chi connectivity index (χ0n) is 10.4. The molecule has 0 radical (unpaired) electrons. The summed E-state index contributed by atoms with van der Waals surface area (Å²) in [6.45, 7) is 9.67. The molecule has 2 rings (SSSR count). The van der Waals surface area contributed by atoms with Crippen molar-refractivity contribution >= 4 is 0 Å². The summed E-state index contributed by atoms with van der Waals surface area (Å²) in [4.78, 5) is 2.67. The molecule has 1 saturated heterocycles. The van der Waals surface area contributed by atoms with E-state index < -0.39 is 0 Å². The van der Waals surface area contributed by atoms with E-state index in [1.165, 1.54) is 58.3 Å². The molecule has 1 saturated carbocycles. The molecule has 88 valence electrons. The molecule has 1 aliphatic heterocycles. The van der Waals surface area contributed by atoms with Crippen LogP contribution in [0.3, 0.4) is 0 Å². The van der Waals surface area contributed by atoms with Crippen molar-refractivity contribution in [1.82, 2.24) is 10.2 Å². The van der Waals surface area contributed by atoms with Gasteiger partial charge < -0.3 is 5.32 Å². The summed E-state index contributed by atoms with van der Waals surface area (Å²) in [6, 6.07) is 0. The summed E-state index contributed by atoms with van der Waals surface area (Å²) in [7, 11) is 0. The van der Waals surface area contributed by atoms with E-state index in [1.807, 2.05) is 0 Å². The number of rotatable bonds is 4. The first kappa shape index (κ1) is 11.4. The van der Waals surface area contributed by atoms with Crippen LogP contribution in [-0.2, 0) is 0 Å². The molecule has 0 aromatic carbocycles. The first-order chi connectivity index (χ1) is 7.18. The van der Waals surface area contributed by atoms with Gasteiger partial charge in [0.05, 0.1) is 0 Å². The minimum Gasteiger partial charge on any atom is -0.314 e. The lowest BCUT2D eigenvalue weighted by molar-refractivity contribution is 0.0839. The van der Waals surface area contributed by atoms with Crippen molar-refractivity contribution < 1.29 is 0 Å². The Balaban J connectivity index is 1.75. The summed E-state index contributed by atoms with van der Waals surface area (Å²) in [5, 5.41) is 3.43. The molecule has 2 aliphatic rings. The lowest BCUT2D eigenvalue weighted by atomic mass is 9.79. The maximum atomic E-state index is 3.43. The fourth-order valence-electron chi connectivity index (χ4n) is 2.77. The maximum Gasteiger partial charge on any atom is 0.0154 e. The van der Waals surface area contributed by atoms with Crippen LogP contribution in [0.4, 0.5) is 0 Å². The minimum absolute atomic E-state index is 0.428. The Hall–Kier alpha value is -0.0800. The van der Waals surface area contributed by atoms with Gasteiger partial charge in [-0.1, -0.05) is 19.3 Å². The van der Waals surface area contributed by atoms with Gasteiger partial charge in [-0.3, -0.25) is 4.90 Å². The fraction of sp³-hybridized carbons (Fsp3) is 1.00. The summed E-state index contributed by atoms with van der Waals surface area (Å²) in [6.07, 6.45) is 7.32. The molecular weight excluding hydrogens is 184 g/mol. The highest BCUT2D eigenvalue weighted by atomic mass is 15.2. The van der Waals surface area contributed by atoms with E-state index in [4.69, 9.17) is 0 Å². The van der Waals surface area contributed by atoms with Crippen molar-refractivity contribution in [3.63, 3.8) is 0 Å². The second kappa shape index (κ2) is 4.84. The second-order valence-electron chi connectivity index (χ2n) is 5.89. The van der Waals surface area contributed by atoms with Gasteiger partial charge in [-0.25, -0.2) is 0 Å². The largest absolute Gasteiger partial charge is 0.314 e. The van der Waals surface area contributed by atoms with Crippen LogP contribution in [0.15, 0.2) is 0 Å². The van der Waals surface area contributed by atoms with Gasteiger partial charge in [-0.15, -0.1) is 0 Å². The zero-order chi connectivity index (χ0) is 10.7. The van der Waals surface area contributed by atoms with Crippen LogP contribution in [-0.4, -0.2) is 36.6 Å². The van der Waals surface area contributed by atoms with Gasteiger partial charge in [0.15, 0.2) is 0 Å². The molecule has 0 spiro atoms. The molecule has 2 heteroatoms.